The summed E-state index contributed by atoms with van der Waals surface area (Å²) < 4.78 is 12.7. The average Bonchev–Trinajstić information content (AvgIpc) is 3.26. The van der Waals surface area contributed by atoms with Gasteiger partial charge in [-0.05, 0) is 30.3 Å². The van der Waals surface area contributed by atoms with Crippen molar-refractivity contribution in [1.82, 2.24) is 19.6 Å². The van der Waals surface area contributed by atoms with Gasteiger partial charge in [-0.3, -0.25) is 0 Å². The van der Waals surface area contributed by atoms with Crippen molar-refractivity contribution < 1.29 is 9.15 Å². The molecule has 1 aliphatic rings. The lowest BCUT2D eigenvalue weighted by molar-refractivity contribution is 0.122. The van der Waals surface area contributed by atoms with Gasteiger partial charge in [-0.2, -0.15) is 4.98 Å². The second-order valence-corrected chi connectivity index (χ2v) is 5.93. The molecular formula is C17H16N6O2. The monoisotopic (exact) mass is 336 g/mol. The Balaban J connectivity index is 1.66. The lowest BCUT2D eigenvalue weighted by Gasteiger charge is -2.28. The first-order chi connectivity index (χ1) is 12.3. The summed E-state index contributed by atoms with van der Waals surface area (Å²) in [5, 5.41) is 4.63. The van der Waals surface area contributed by atoms with Crippen molar-refractivity contribution >= 4 is 28.4 Å². The number of ether oxygens (including phenoxy) is 1. The van der Waals surface area contributed by atoms with Crippen molar-refractivity contribution in [2.75, 3.05) is 36.9 Å². The molecule has 8 heteroatoms. The summed E-state index contributed by atoms with van der Waals surface area (Å²) >= 11 is 0. The maximum atomic E-state index is 5.63. The first-order valence-corrected chi connectivity index (χ1v) is 8.12. The van der Waals surface area contributed by atoms with Crippen LogP contribution < -0.4 is 10.6 Å². The van der Waals surface area contributed by atoms with Gasteiger partial charge in [-0.25, -0.2) is 9.50 Å². The van der Waals surface area contributed by atoms with Crippen LogP contribution in [0.5, 0.6) is 0 Å². The number of morpholine rings is 1. The summed E-state index contributed by atoms with van der Waals surface area (Å²) in [6.07, 6.45) is 1.93. The van der Waals surface area contributed by atoms with Crippen LogP contribution in [-0.4, -0.2) is 45.9 Å². The first kappa shape index (κ1) is 14.2. The largest absolute Gasteiger partial charge is 0.424 e. The second-order valence-electron chi connectivity index (χ2n) is 5.93. The number of nitrogens with two attached hydrogens (primary N) is 1. The van der Waals surface area contributed by atoms with Gasteiger partial charge in [0.25, 0.3) is 6.01 Å². The number of fused-ring (bicyclic) bond motifs is 2. The molecule has 0 saturated carbocycles. The van der Waals surface area contributed by atoms with Crippen molar-refractivity contribution in [3.05, 3.63) is 36.5 Å². The SMILES string of the molecule is Nc1nc2ccc(-c3nc(N4CCOCC4)c4cccn4n3)cc2o1. The van der Waals surface area contributed by atoms with Crippen LogP contribution in [0.3, 0.4) is 0 Å². The van der Waals surface area contributed by atoms with E-state index in [2.05, 4.69) is 15.0 Å². The minimum atomic E-state index is 0.155. The van der Waals surface area contributed by atoms with E-state index >= 15 is 0 Å². The Bertz CT molecular complexity index is 1060. The van der Waals surface area contributed by atoms with Crippen LogP contribution in [0.15, 0.2) is 40.9 Å². The quantitative estimate of drug-likeness (QED) is 0.598. The van der Waals surface area contributed by atoms with E-state index in [4.69, 9.17) is 19.9 Å². The lowest BCUT2D eigenvalue weighted by atomic mass is 10.2. The Labute approximate surface area is 142 Å². The Morgan fingerprint density at radius 2 is 1.96 bits per heavy atom. The van der Waals surface area contributed by atoms with Crippen LogP contribution in [0.25, 0.3) is 28.0 Å². The topological polar surface area (TPSA) is 94.7 Å². The first-order valence-electron chi connectivity index (χ1n) is 8.12. The maximum Gasteiger partial charge on any atom is 0.292 e. The molecule has 25 heavy (non-hydrogen) atoms. The third-order valence-corrected chi connectivity index (χ3v) is 4.35. The zero-order valence-corrected chi connectivity index (χ0v) is 13.4. The lowest BCUT2D eigenvalue weighted by Crippen LogP contribution is -2.37. The average molecular weight is 336 g/mol. The molecule has 0 aliphatic carbocycles. The van der Waals surface area contributed by atoms with Gasteiger partial charge in [0.2, 0.25) is 0 Å². The number of nitrogens with zero attached hydrogens (tertiary/aromatic N) is 5. The van der Waals surface area contributed by atoms with E-state index in [1.165, 1.54) is 0 Å². The van der Waals surface area contributed by atoms with E-state index in [0.29, 0.717) is 24.6 Å². The van der Waals surface area contributed by atoms with Crippen LogP contribution in [-0.2, 0) is 4.74 Å². The second kappa shape index (κ2) is 5.45. The summed E-state index contributed by atoms with van der Waals surface area (Å²) in [5.74, 6) is 1.54. The fourth-order valence-corrected chi connectivity index (χ4v) is 3.13. The normalized spacial score (nSPS) is 15.3. The minimum Gasteiger partial charge on any atom is -0.424 e. The highest BCUT2D eigenvalue weighted by Gasteiger charge is 2.18. The van der Waals surface area contributed by atoms with E-state index in [1.54, 1.807) is 0 Å². The zero-order valence-electron chi connectivity index (χ0n) is 13.4. The van der Waals surface area contributed by atoms with E-state index in [0.717, 1.165) is 35.5 Å². The predicted molar refractivity (Wildman–Crippen MR) is 93.4 cm³/mol. The van der Waals surface area contributed by atoms with E-state index in [9.17, 15) is 0 Å². The van der Waals surface area contributed by atoms with Gasteiger partial charge in [0.15, 0.2) is 17.2 Å². The van der Waals surface area contributed by atoms with Crippen LogP contribution in [0, 0.1) is 0 Å². The molecular weight excluding hydrogens is 320 g/mol. The van der Waals surface area contributed by atoms with Crippen LogP contribution in [0.4, 0.5) is 11.8 Å². The summed E-state index contributed by atoms with van der Waals surface area (Å²) in [6.45, 7) is 3.04. The van der Waals surface area contributed by atoms with Gasteiger partial charge < -0.3 is 19.8 Å². The highest BCUT2D eigenvalue weighted by molar-refractivity contribution is 5.80. The van der Waals surface area contributed by atoms with Crippen LogP contribution in [0.1, 0.15) is 0 Å². The molecule has 0 atom stereocenters. The molecule has 2 N–H and O–H groups in total. The number of benzene rings is 1. The summed E-state index contributed by atoms with van der Waals surface area (Å²) in [5.41, 5.74) is 8.81. The minimum absolute atomic E-state index is 0.155. The Morgan fingerprint density at radius 3 is 2.84 bits per heavy atom. The summed E-state index contributed by atoms with van der Waals surface area (Å²) in [6, 6.07) is 9.81. The molecule has 0 bridgehead atoms. The number of nitrogen functional groups attached to an aromatic ring is 1. The Hall–Kier alpha value is -3.13. The van der Waals surface area contributed by atoms with Crippen molar-refractivity contribution in [2.45, 2.75) is 0 Å². The predicted octanol–water partition coefficient (Wildman–Crippen LogP) is 1.96. The number of anilines is 2. The molecule has 8 nitrogen and oxygen atoms in total. The van der Waals surface area contributed by atoms with Crippen molar-refractivity contribution in [1.29, 1.82) is 0 Å². The maximum absolute atomic E-state index is 5.63. The number of rotatable bonds is 2. The zero-order chi connectivity index (χ0) is 16.8. The molecule has 0 spiro atoms. The molecule has 0 amide bonds. The van der Waals surface area contributed by atoms with Gasteiger partial charge in [0.1, 0.15) is 11.0 Å². The van der Waals surface area contributed by atoms with Gasteiger partial charge in [0, 0.05) is 24.8 Å². The highest BCUT2D eigenvalue weighted by Crippen LogP contribution is 2.27. The fourth-order valence-electron chi connectivity index (χ4n) is 3.13. The highest BCUT2D eigenvalue weighted by atomic mass is 16.5. The third-order valence-electron chi connectivity index (χ3n) is 4.35. The van der Waals surface area contributed by atoms with Gasteiger partial charge in [-0.1, -0.05) is 0 Å². The van der Waals surface area contributed by atoms with Gasteiger partial charge in [-0.15, -0.1) is 5.10 Å². The van der Waals surface area contributed by atoms with Crippen molar-refractivity contribution in [3.8, 4) is 11.4 Å². The standard InChI is InChI=1S/C17H16N6O2/c18-17-19-12-4-3-11(10-14(12)25-17)15-20-16(22-6-8-24-9-7-22)13-2-1-5-23(13)21-15/h1-5,10H,6-9H2,(H2,18,19). The van der Waals surface area contributed by atoms with Gasteiger partial charge >= 0.3 is 0 Å². The summed E-state index contributed by atoms with van der Waals surface area (Å²) in [7, 11) is 0. The van der Waals surface area contributed by atoms with Crippen molar-refractivity contribution in [3.63, 3.8) is 0 Å². The number of hydrogen-bond acceptors (Lipinski definition) is 7. The molecule has 126 valence electrons. The number of oxazole rings is 1. The molecule has 5 rings (SSSR count). The van der Waals surface area contributed by atoms with E-state index < -0.39 is 0 Å². The number of aromatic nitrogens is 4. The number of hydrogen-bond donors (Lipinski definition) is 1. The summed E-state index contributed by atoms with van der Waals surface area (Å²) in [4.78, 5) is 11.2. The third kappa shape index (κ3) is 2.38. The molecule has 3 aromatic heterocycles. The molecule has 1 aliphatic heterocycles. The Kier molecular flexibility index (Phi) is 3.10. The fraction of sp³-hybridized carbons (Fsp3) is 0.235. The molecule has 1 fully saturated rings. The molecule has 4 heterocycles. The van der Waals surface area contributed by atoms with Crippen LogP contribution in [0.2, 0.25) is 0 Å². The molecule has 0 unspecified atom stereocenters. The van der Waals surface area contributed by atoms with Gasteiger partial charge in [0.05, 0.1) is 13.2 Å². The smallest absolute Gasteiger partial charge is 0.292 e. The molecule has 4 aromatic rings. The molecule has 0 radical (unpaired) electrons. The Morgan fingerprint density at radius 1 is 1.08 bits per heavy atom. The van der Waals surface area contributed by atoms with Crippen molar-refractivity contribution in [2.24, 2.45) is 0 Å². The van der Waals surface area contributed by atoms with E-state index in [1.807, 2.05) is 41.0 Å². The van der Waals surface area contributed by atoms with E-state index in [-0.39, 0.29) is 6.01 Å². The molecule has 1 saturated heterocycles. The van der Waals surface area contributed by atoms with Crippen LogP contribution >= 0.6 is 0 Å². The molecule has 1 aromatic carbocycles.